The Kier molecular flexibility index (Phi) is 5.09. The van der Waals surface area contributed by atoms with E-state index in [9.17, 15) is 9.18 Å². The average molecular weight is 533 g/mol. The molecule has 2 atom stereocenters. The van der Waals surface area contributed by atoms with Crippen molar-refractivity contribution < 1.29 is 9.18 Å². The summed E-state index contributed by atoms with van der Waals surface area (Å²) in [4.78, 5) is 23.7. The second-order valence-electron chi connectivity index (χ2n) is 10.1. The van der Waals surface area contributed by atoms with Crippen molar-refractivity contribution in [3.05, 3.63) is 77.1 Å². The van der Waals surface area contributed by atoms with Crippen LogP contribution in [0.25, 0.3) is 11.5 Å². The highest BCUT2D eigenvalue weighted by Gasteiger charge is 2.48. The number of carbonyl (C=O) groups excluding carboxylic acids is 1. The van der Waals surface area contributed by atoms with Crippen LogP contribution in [0.4, 0.5) is 10.1 Å². The number of anilines is 1. The first-order valence-electron chi connectivity index (χ1n) is 12.3. The normalized spacial score (nSPS) is 20.7. The molecule has 1 saturated carbocycles. The maximum Gasteiger partial charge on any atom is 0.235 e. The summed E-state index contributed by atoms with van der Waals surface area (Å²) in [5.74, 6) is -0.437. The molecule has 0 saturated heterocycles. The van der Waals surface area contributed by atoms with Crippen molar-refractivity contribution in [1.82, 2.24) is 44.4 Å². The zero-order valence-electron chi connectivity index (χ0n) is 20.3. The van der Waals surface area contributed by atoms with Crippen molar-refractivity contribution in [2.24, 2.45) is 5.92 Å². The Morgan fingerprint density at radius 3 is 2.74 bits per heavy atom. The molecule has 2 aliphatic rings. The Bertz CT molecular complexity index is 1690. The lowest BCUT2D eigenvalue weighted by Crippen LogP contribution is -2.25. The second kappa shape index (κ2) is 8.42. The van der Waals surface area contributed by atoms with Crippen LogP contribution in [-0.2, 0) is 16.8 Å². The average Bonchev–Trinajstić information content (AvgIpc) is 3.29. The Morgan fingerprint density at radius 2 is 1.97 bits per heavy atom. The molecule has 5 heterocycles. The van der Waals surface area contributed by atoms with Gasteiger partial charge in [-0.1, -0.05) is 11.6 Å². The molecule has 0 unspecified atom stereocenters. The van der Waals surface area contributed by atoms with Crippen LogP contribution in [-0.4, -0.2) is 50.3 Å². The van der Waals surface area contributed by atoms with Gasteiger partial charge in [-0.25, -0.2) is 14.5 Å². The van der Waals surface area contributed by atoms with E-state index in [2.05, 4.69) is 35.7 Å². The molecule has 5 aromatic rings. The highest BCUT2D eigenvalue weighted by Crippen LogP contribution is 2.50. The fraction of sp³-hybridized carbons (Fsp3) is 0.320. The van der Waals surface area contributed by atoms with Crippen molar-refractivity contribution >= 4 is 28.8 Å². The third-order valence-corrected chi connectivity index (χ3v) is 7.70. The summed E-state index contributed by atoms with van der Waals surface area (Å²) < 4.78 is 17.7. The van der Waals surface area contributed by atoms with E-state index in [-0.39, 0.29) is 10.9 Å². The molecule has 0 aliphatic heterocycles. The largest absolute Gasteiger partial charge is 0.324 e. The number of amides is 1. The molecule has 192 valence electrons. The van der Waals surface area contributed by atoms with E-state index in [1.165, 1.54) is 46.8 Å². The number of hydrogen-bond donors (Lipinski definition) is 1. The Hall–Kier alpha value is -4.19. The van der Waals surface area contributed by atoms with Gasteiger partial charge in [-0.15, -0.1) is 9.90 Å². The van der Waals surface area contributed by atoms with Gasteiger partial charge in [-0.2, -0.15) is 19.7 Å². The van der Waals surface area contributed by atoms with Crippen LogP contribution in [0.1, 0.15) is 48.9 Å². The summed E-state index contributed by atoms with van der Waals surface area (Å²) in [5, 5.41) is 20.0. The van der Waals surface area contributed by atoms with E-state index in [0.717, 1.165) is 17.8 Å². The minimum atomic E-state index is -0.649. The van der Waals surface area contributed by atoms with Gasteiger partial charge in [0, 0.05) is 41.5 Å². The predicted octanol–water partition coefficient (Wildman–Crippen LogP) is 3.54. The van der Waals surface area contributed by atoms with Crippen LogP contribution in [0.2, 0.25) is 5.02 Å². The number of nitrogens with zero attached hydrogens (tertiary/aromatic N) is 9. The topological polar surface area (TPSA) is 121 Å². The first kappa shape index (κ1) is 23.0. The Morgan fingerprint density at radius 1 is 1.16 bits per heavy atom. The second-order valence-corrected chi connectivity index (χ2v) is 10.5. The molecule has 0 spiro atoms. The van der Waals surface area contributed by atoms with E-state index in [1.54, 1.807) is 12.3 Å². The van der Waals surface area contributed by atoms with Gasteiger partial charge in [0.1, 0.15) is 0 Å². The molecule has 7 rings (SSSR count). The number of carbonyl (C=O) groups is 1. The van der Waals surface area contributed by atoms with Gasteiger partial charge < -0.3 is 5.32 Å². The highest BCUT2D eigenvalue weighted by atomic mass is 35.5. The lowest BCUT2D eigenvalue weighted by atomic mass is 9.80. The summed E-state index contributed by atoms with van der Waals surface area (Å²) in [6.45, 7) is 2.91. The van der Waals surface area contributed by atoms with Gasteiger partial charge in [0.15, 0.2) is 11.5 Å². The third-order valence-electron chi connectivity index (χ3n) is 7.42. The van der Waals surface area contributed by atoms with Gasteiger partial charge in [-0.05, 0) is 38.2 Å². The maximum atomic E-state index is 14.2. The Labute approximate surface area is 220 Å². The predicted molar refractivity (Wildman–Crippen MR) is 135 cm³/mol. The van der Waals surface area contributed by atoms with Crippen LogP contribution in [0.3, 0.4) is 0 Å². The van der Waals surface area contributed by atoms with E-state index < -0.39 is 17.3 Å². The molecule has 38 heavy (non-hydrogen) atoms. The van der Waals surface area contributed by atoms with Crippen molar-refractivity contribution in [2.45, 2.75) is 44.1 Å². The highest BCUT2D eigenvalue weighted by molar-refractivity contribution is 6.32. The molecule has 1 N–H and O–H groups in total. The fourth-order valence-corrected chi connectivity index (χ4v) is 5.59. The monoisotopic (exact) mass is 532 g/mol. The molecule has 13 heteroatoms. The van der Waals surface area contributed by atoms with Gasteiger partial charge in [0.25, 0.3) is 0 Å². The molecule has 1 amide bonds. The lowest BCUT2D eigenvalue weighted by Gasteiger charge is -2.24. The number of pyridine rings is 1. The SMILES string of the molecule is C[C@]1(c2cnn(CC3CC3)c2)C[C@H](C(=O)Nc2cnc(-n3nccn3)c(Cl)c2)c2cnc3cc(F)nn3c21. The third kappa shape index (κ3) is 3.74. The van der Waals surface area contributed by atoms with E-state index in [4.69, 9.17) is 11.6 Å². The standard InChI is InChI=1S/C25H22ClFN10O/c1-25(15-9-32-35(13-15)12-14-2-3-14)8-17(18-11-28-21-7-20(27)34-36(21)22(18)25)24(38)33-16-6-19(26)23(29-10-16)37-30-4-5-31-37/h4-7,9-11,13-14,17H,2-3,8,12H2,1H3,(H,33,38)/t17-,25+/m0/s1. The van der Waals surface area contributed by atoms with E-state index in [1.807, 2.05) is 24.0 Å². The van der Waals surface area contributed by atoms with E-state index in [0.29, 0.717) is 35.1 Å². The molecular weight excluding hydrogens is 511 g/mol. The molecule has 11 nitrogen and oxygen atoms in total. The van der Waals surface area contributed by atoms with Crippen molar-refractivity contribution in [2.75, 3.05) is 5.32 Å². The smallest absolute Gasteiger partial charge is 0.235 e. The van der Waals surface area contributed by atoms with Crippen LogP contribution in [0, 0.1) is 11.9 Å². The van der Waals surface area contributed by atoms with Crippen molar-refractivity contribution in [1.29, 1.82) is 0 Å². The molecule has 0 bridgehead atoms. The fourth-order valence-electron chi connectivity index (χ4n) is 5.34. The number of aromatic nitrogens is 9. The maximum absolute atomic E-state index is 14.2. The number of halogens is 2. The van der Waals surface area contributed by atoms with Crippen LogP contribution >= 0.6 is 11.6 Å². The number of fused-ring (bicyclic) bond motifs is 3. The van der Waals surface area contributed by atoms with Crippen LogP contribution in [0.15, 0.2) is 49.3 Å². The summed E-state index contributed by atoms with van der Waals surface area (Å²) >= 11 is 6.40. The van der Waals surface area contributed by atoms with Gasteiger partial charge in [0.2, 0.25) is 11.9 Å². The number of rotatable bonds is 6. The molecule has 2 aliphatic carbocycles. The van der Waals surface area contributed by atoms with Crippen molar-refractivity contribution in [3.63, 3.8) is 0 Å². The summed E-state index contributed by atoms with van der Waals surface area (Å²) in [7, 11) is 0. The summed E-state index contributed by atoms with van der Waals surface area (Å²) in [6, 6.07) is 2.89. The molecule has 5 aromatic heterocycles. The zero-order valence-corrected chi connectivity index (χ0v) is 21.0. The lowest BCUT2D eigenvalue weighted by molar-refractivity contribution is -0.117. The molecular formula is C25H22ClFN10O. The molecule has 0 aromatic carbocycles. The minimum absolute atomic E-state index is 0.253. The zero-order chi connectivity index (χ0) is 26.0. The van der Waals surface area contributed by atoms with Crippen LogP contribution in [0.5, 0.6) is 0 Å². The number of nitrogens with one attached hydrogen (secondary N) is 1. The van der Waals surface area contributed by atoms with Gasteiger partial charge in [0.05, 0.1) is 47.1 Å². The van der Waals surface area contributed by atoms with Crippen molar-refractivity contribution in [3.8, 4) is 5.82 Å². The van der Waals surface area contributed by atoms with Gasteiger partial charge >= 0.3 is 0 Å². The molecule has 0 radical (unpaired) electrons. The number of hydrogen-bond acceptors (Lipinski definition) is 7. The summed E-state index contributed by atoms with van der Waals surface area (Å²) in [6.07, 6.45) is 12.9. The quantitative estimate of drug-likeness (QED) is 0.355. The molecule has 1 fully saturated rings. The van der Waals surface area contributed by atoms with E-state index >= 15 is 0 Å². The Balaban J connectivity index is 1.24. The first-order valence-corrected chi connectivity index (χ1v) is 12.7. The summed E-state index contributed by atoms with van der Waals surface area (Å²) in [5.41, 5.74) is 2.53. The minimum Gasteiger partial charge on any atom is -0.324 e. The van der Waals surface area contributed by atoms with Crippen LogP contribution < -0.4 is 5.32 Å². The first-order chi connectivity index (χ1) is 18.4. The van der Waals surface area contributed by atoms with Gasteiger partial charge in [-0.3, -0.25) is 9.48 Å².